The van der Waals surface area contributed by atoms with Gasteiger partial charge in [-0.1, -0.05) is 23.7 Å². The molecule has 17 heavy (non-hydrogen) atoms. The molecule has 0 heterocycles. The SMILES string of the molecule is [C-]#[N+]CC1(c2ccc(Cl)cc2)CCC(=O)CC1. The summed E-state index contributed by atoms with van der Waals surface area (Å²) in [6.07, 6.45) is 2.77. The van der Waals surface area contributed by atoms with E-state index in [1.807, 2.05) is 24.3 Å². The molecule has 0 unspecified atom stereocenters. The van der Waals surface area contributed by atoms with Gasteiger partial charge in [0.15, 0.2) is 0 Å². The smallest absolute Gasteiger partial charge is 0.224 e. The fourth-order valence-corrected chi connectivity index (χ4v) is 2.63. The van der Waals surface area contributed by atoms with Crippen molar-refractivity contribution in [3.8, 4) is 0 Å². The molecule has 0 spiro atoms. The fraction of sp³-hybridized carbons (Fsp3) is 0.429. The molecule has 0 radical (unpaired) electrons. The van der Waals surface area contributed by atoms with Crippen molar-refractivity contribution in [3.05, 3.63) is 46.3 Å². The largest absolute Gasteiger partial charge is 0.316 e. The first kappa shape index (κ1) is 12.1. The Balaban J connectivity index is 2.31. The first-order valence-electron chi connectivity index (χ1n) is 5.77. The lowest BCUT2D eigenvalue weighted by Crippen LogP contribution is -2.34. The van der Waals surface area contributed by atoms with Crippen molar-refractivity contribution in [2.75, 3.05) is 6.54 Å². The monoisotopic (exact) mass is 247 g/mol. The summed E-state index contributed by atoms with van der Waals surface area (Å²) >= 11 is 5.88. The van der Waals surface area contributed by atoms with Gasteiger partial charge in [-0.15, -0.1) is 0 Å². The van der Waals surface area contributed by atoms with E-state index in [0.29, 0.717) is 30.2 Å². The highest BCUT2D eigenvalue weighted by atomic mass is 35.5. The van der Waals surface area contributed by atoms with Gasteiger partial charge in [0.05, 0.1) is 5.41 Å². The lowest BCUT2D eigenvalue weighted by molar-refractivity contribution is -0.121. The number of nitrogens with zero attached hydrogens (tertiary/aromatic N) is 1. The van der Waals surface area contributed by atoms with E-state index in [0.717, 1.165) is 18.4 Å². The Hall–Kier alpha value is -1.33. The van der Waals surface area contributed by atoms with E-state index in [1.54, 1.807) is 0 Å². The first-order chi connectivity index (χ1) is 8.16. The molecule has 0 bridgehead atoms. The number of benzene rings is 1. The van der Waals surface area contributed by atoms with Crippen LogP contribution in [0, 0.1) is 6.57 Å². The molecule has 2 nitrogen and oxygen atoms in total. The zero-order valence-corrected chi connectivity index (χ0v) is 10.3. The minimum absolute atomic E-state index is 0.139. The number of Topliss-reactive ketones (excluding diaryl/α,β-unsaturated/α-hetero) is 1. The van der Waals surface area contributed by atoms with Crippen LogP contribution in [-0.4, -0.2) is 12.3 Å². The number of carbonyl (C=O) groups excluding carboxylic acids is 1. The highest BCUT2D eigenvalue weighted by Crippen LogP contribution is 2.39. The third kappa shape index (κ3) is 2.50. The van der Waals surface area contributed by atoms with Crippen LogP contribution in [0.15, 0.2) is 24.3 Å². The molecular formula is C14H14ClNO. The standard InChI is InChI=1S/C14H14ClNO/c1-16-10-14(8-6-13(17)7-9-14)11-2-4-12(15)5-3-11/h2-5H,6-10H2. The Morgan fingerprint density at radius 3 is 2.35 bits per heavy atom. The average Bonchev–Trinajstić information content (AvgIpc) is 2.34. The minimum Gasteiger partial charge on any atom is -0.316 e. The summed E-state index contributed by atoms with van der Waals surface area (Å²) in [7, 11) is 0. The molecule has 1 aromatic carbocycles. The van der Waals surface area contributed by atoms with Crippen LogP contribution in [0.25, 0.3) is 4.85 Å². The van der Waals surface area contributed by atoms with Gasteiger partial charge < -0.3 is 4.85 Å². The topological polar surface area (TPSA) is 21.4 Å². The molecule has 1 fully saturated rings. The third-order valence-corrected chi connectivity index (χ3v) is 3.86. The molecule has 1 aliphatic rings. The summed E-state index contributed by atoms with van der Waals surface area (Å²) < 4.78 is 0. The van der Waals surface area contributed by atoms with E-state index >= 15 is 0 Å². The van der Waals surface area contributed by atoms with Crippen LogP contribution in [0.2, 0.25) is 5.02 Å². The predicted octanol–water partition coefficient (Wildman–Crippen LogP) is 3.64. The maximum Gasteiger partial charge on any atom is 0.224 e. The average molecular weight is 248 g/mol. The Bertz CT molecular complexity index is 448. The Kier molecular flexibility index (Phi) is 3.49. The molecule has 3 heteroatoms. The molecule has 2 rings (SSSR count). The van der Waals surface area contributed by atoms with Crippen molar-refractivity contribution in [1.82, 2.24) is 0 Å². The van der Waals surface area contributed by atoms with Gasteiger partial charge in [0.2, 0.25) is 6.54 Å². The molecule has 1 saturated carbocycles. The molecule has 0 atom stereocenters. The van der Waals surface area contributed by atoms with Crippen molar-refractivity contribution in [3.63, 3.8) is 0 Å². The molecule has 0 amide bonds. The van der Waals surface area contributed by atoms with E-state index in [-0.39, 0.29) is 5.41 Å². The van der Waals surface area contributed by atoms with Crippen molar-refractivity contribution < 1.29 is 4.79 Å². The molecule has 0 aromatic heterocycles. The molecule has 1 aromatic rings. The predicted molar refractivity (Wildman–Crippen MR) is 68.1 cm³/mol. The number of halogens is 1. The van der Waals surface area contributed by atoms with Gasteiger partial charge in [0, 0.05) is 17.9 Å². The maximum atomic E-state index is 11.3. The second-order valence-corrected chi connectivity index (χ2v) is 5.08. The number of rotatable bonds is 2. The van der Waals surface area contributed by atoms with E-state index in [1.165, 1.54) is 0 Å². The Morgan fingerprint density at radius 1 is 1.24 bits per heavy atom. The number of hydrogen-bond donors (Lipinski definition) is 0. The summed E-state index contributed by atoms with van der Waals surface area (Å²) in [6, 6.07) is 7.70. The van der Waals surface area contributed by atoms with Gasteiger partial charge >= 0.3 is 0 Å². The van der Waals surface area contributed by atoms with Gasteiger partial charge in [-0.3, -0.25) is 4.79 Å². The summed E-state index contributed by atoms with van der Waals surface area (Å²) in [5, 5.41) is 0.707. The van der Waals surface area contributed by atoms with Crippen LogP contribution in [0.3, 0.4) is 0 Å². The van der Waals surface area contributed by atoms with Crippen LogP contribution < -0.4 is 0 Å². The molecule has 0 aliphatic heterocycles. The molecular weight excluding hydrogens is 234 g/mol. The second kappa shape index (κ2) is 4.89. The van der Waals surface area contributed by atoms with Gasteiger partial charge in [-0.2, -0.15) is 0 Å². The first-order valence-corrected chi connectivity index (χ1v) is 6.15. The molecule has 0 N–H and O–H groups in total. The molecule has 88 valence electrons. The van der Waals surface area contributed by atoms with E-state index in [9.17, 15) is 4.79 Å². The highest BCUT2D eigenvalue weighted by Gasteiger charge is 2.39. The zero-order chi connectivity index (χ0) is 12.3. The number of ketones is 1. The van der Waals surface area contributed by atoms with Gasteiger partial charge in [0.25, 0.3) is 0 Å². The summed E-state index contributed by atoms with van der Waals surface area (Å²) in [5.41, 5.74) is 1.01. The summed E-state index contributed by atoms with van der Waals surface area (Å²) in [5.74, 6) is 0.319. The van der Waals surface area contributed by atoms with Crippen LogP contribution >= 0.6 is 11.6 Å². The zero-order valence-electron chi connectivity index (χ0n) is 9.58. The summed E-state index contributed by atoms with van der Waals surface area (Å²) in [4.78, 5) is 14.9. The normalized spacial score (nSPS) is 18.7. The van der Waals surface area contributed by atoms with Crippen LogP contribution in [-0.2, 0) is 10.2 Å². The Morgan fingerprint density at radius 2 is 1.82 bits per heavy atom. The third-order valence-electron chi connectivity index (χ3n) is 3.60. The van der Waals surface area contributed by atoms with Crippen LogP contribution in [0.4, 0.5) is 0 Å². The number of carbonyl (C=O) groups is 1. The highest BCUT2D eigenvalue weighted by molar-refractivity contribution is 6.30. The quantitative estimate of drug-likeness (QED) is 0.731. The molecule has 0 saturated heterocycles. The van der Waals surface area contributed by atoms with E-state index < -0.39 is 0 Å². The van der Waals surface area contributed by atoms with E-state index in [2.05, 4.69) is 4.85 Å². The maximum absolute atomic E-state index is 11.3. The summed E-state index contributed by atoms with van der Waals surface area (Å²) in [6.45, 7) is 7.58. The van der Waals surface area contributed by atoms with Crippen molar-refractivity contribution in [1.29, 1.82) is 0 Å². The van der Waals surface area contributed by atoms with Crippen LogP contribution in [0.1, 0.15) is 31.2 Å². The molecule has 1 aliphatic carbocycles. The lowest BCUT2D eigenvalue weighted by atomic mass is 9.69. The van der Waals surface area contributed by atoms with E-state index in [4.69, 9.17) is 18.2 Å². The Labute approximate surface area is 106 Å². The van der Waals surface area contributed by atoms with Crippen molar-refractivity contribution in [2.45, 2.75) is 31.1 Å². The van der Waals surface area contributed by atoms with Crippen LogP contribution in [0.5, 0.6) is 0 Å². The number of hydrogen-bond acceptors (Lipinski definition) is 1. The van der Waals surface area contributed by atoms with Gasteiger partial charge in [0.1, 0.15) is 5.78 Å². The second-order valence-electron chi connectivity index (χ2n) is 4.64. The lowest BCUT2D eigenvalue weighted by Gasteiger charge is -2.32. The van der Waals surface area contributed by atoms with Gasteiger partial charge in [-0.25, -0.2) is 6.57 Å². The van der Waals surface area contributed by atoms with Gasteiger partial charge in [-0.05, 0) is 30.5 Å². The van der Waals surface area contributed by atoms with Crippen molar-refractivity contribution in [2.24, 2.45) is 0 Å². The fourth-order valence-electron chi connectivity index (χ4n) is 2.50. The van der Waals surface area contributed by atoms with Crippen molar-refractivity contribution >= 4 is 17.4 Å². The minimum atomic E-state index is -0.139.